The van der Waals surface area contributed by atoms with Crippen LogP contribution in [0.25, 0.3) is 0 Å². The Morgan fingerprint density at radius 3 is 3.06 bits per heavy atom. The van der Waals surface area contributed by atoms with Gasteiger partial charge in [-0.2, -0.15) is 0 Å². The van der Waals surface area contributed by atoms with Crippen LogP contribution in [0.15, 0.2) is 18.2 Å². The normalized spacial score (nSPS) is 16.7. The Balaban J connectivity index is 2.34. The first-order valence-corrected chi connectivity index (χ1v) is 5.46. The number of hydrogen-bond acceptors (Lipinski definition) is 3. The highest BCUT2D eigenvalue weighted by atomic mass is 35.5. The highest BCUT2D eigenvalue weighted by Gasteiger charge is 2.22. The van der Waals surface area contributed by atoms with E-state index in [-0.39, 0.29) is 12.5 Å². The molecule has 1 aliphatic rings. The monoisotopic (exact) mass is 240 g/mol. The van der Waals surface area contributed by atoms with Gasteiger partial charge in [-0.3, -0.25) is 4.79 Å². The van der Waals surface area contributed by atoms with Crippen LogP contribution in [0, 0.1) is 0 Å². The third-order valence-electron chi connectivity index (χ3n) is 2.39. The van der Waals surface area contributed by atoms with Crippen LogP contribution < -0.4 is 10.2 Å². The molecule has 0 radical (unpaired) electrons. The zero-order valence-corrected chi connectivity index (χ0v) is 9.66. The van der Waals surface area contributed by atoms with Crippen molar-refractivity contribution in [3.8, 4) is 0 Å². The van der Waals surface area contributed by atoms with Crippen LogP contribution in [0.3, 0.4) is 0 Å². The molecule has 1 heterocycles. The summed E-state index contributed by atoms with van der Waals surface area (Å²) >= 11 is 5.86. The van der Waals surface area contributed by atoms with Gasteiger partial charge in [0.2, 0.25) is 5.91 Å². The highest BCUT2D eigenvalue weighted by molar-refractivity contribution is 6.31. The first-order valence-electron chi connectivity index (χ1n) is 5.08. The summed E-state index contributed by atoms with van der Waals surface area (Å²) in [4.78, 5) is 13.3. The first kappa shape index (κ1) is 11.2. The van der Waals surface area contributed by atoms with E-state index in [9.17, 15) is 9.90 Å². The fourth-order valence-electron chi connectivity index (χ4n) is 1.81. The van der Waals surface area contributed by atoms with Crippen molar-refractivity contribution in [2.75, 3.05) is 23.3 Å². The second kappa shape index (κ2) is 4.31. The van der Waals surface area contributed by atoms with Gasteiger partial charge in [-0.25, -0.2) is 0 Å². The van der Waals surface area contributed by atoms with Crippen molar-refractivity contribution in [1.82, 2.24) is 0 Å². The van der Waals surface area contributed by atoms with E-state index in [1.165, 1.54) is 0 Å². The van der Waals surface area contributed by atoms with Crippen molar-refractivity contribution in [1.29, 1.82) is 0 Å². The Hall–Kier alpha value is -1.26. The van der Waals surface area contributed by atoms with Gasteiger partial charge in [0.1, 0.15) is 0 Å². The van der Waals surface area contributed by atoms with Gasteiger partial charge in [-0.15, -0.1) is 0 Å². The number of halogens is 1. The minimum absolute atomic E-state index is 0.0876. The van der Waals surface area contributed by atoms with Crippen LogP contribution in [-0.4, -0.2) is 30.2 Å². The van der Waals surface area contributed by atoms with Crippen molar-refractivity contribution in [2.24, 2.45) is 0 Å². The van der Waals surface area contributed by atoms with Crippen LogP contribution in [0.5, 0.6) is 0 Å². The number of rotatable bonds is 2. The molecule has 0 saturated carbocycles. The van der Waals surface area contributed by atoms with Gasteiger partial charge in [0.05, 0.1) is 24.0 Å². The third-order valence-corrected chi connectivity index (χ3v) is 2.63. The van der Waals surface area contributed by atoms with Crippen LogP contribution in [0.4, 0.5) is 11.4 Å². The molecule has 1 unspecified atom stereocenters. The Bertz CT molecular complexity index is 420. The number of aliphatic hydroxyl groups is 1. The average Bonchev–Trinajstić information content (AvgIpc) is 2.15. The van der Waals surface area contributed by atoms with E-state index >= 15 is 0 Å². The number of carbonyl (C=O) groups is 1. The maximum Gasteiger partial charge on any atom is 0.243 e. The molecule has 0 fully saturated rings. The zero-order chi connectivity index (χ0) is 11.7. The fraction of sp³-hybridized carbons (Fsp3) is 0.364. The predicted molar refractivity (Wildman–Crippen MR) is 64.0 cm³/mol. The maximum atomic E-state index is 11.5. The van der Waals surface area contributed by atoms with Crippen molar-refractivity contribution in [2.45, 2.75) is 13.0 Å². The lowest BCUT2D eigenvalue weighted by atomic mass is 10.2. The SMILES string of the molecule is CC(O)CN1CC(=O)Nc2cc(Cl)ccc21. The number of aliphatic hydroxyl groups excluding tert-OH is 1. The number of benzene rings is 1. The van der Waals surface area contributed by atoms with Crippen LogP contribution >= 0.6 is 11.6 Å². The van der Waals surface area contributed by atoms with Gasteiger partial charge in [0.15, 0.2) is 0 Å². The van der Waals surface area contributed by atoms with E-state index in [2.05, 4.69) is 5.32 Å². The molecule has 86 valence electrons. The molecule has 0 bridgehead atoms. The third kappa shape index (κ3) is 2.28. The van der Waals surface area contributed by atoms with Gasteiger partial charge < -0.3 is 15.3 Å². The smallest absolute Gasteiger partial charge is 0.243 e. The molecule has 1 aromatic rings. The van der Waals surface area contributed by atoms with Crippen molar-refractivity contribution >= 4 is 28.9 Å². The summed E-state index contributed by atoms with van der Waals surface area (Å²) in [6.45, 7) is 2.39. The van der Waals surface area contributed by atoms with Crippen molar-refractivity contribution < 1.29 is 9.90 Å². The largest absolute Gasteiger partial charge is 0.392 e. The topological polar surface area (TPSA) is 52.6 Å². The maximum absolute atomic E-state index is 11.5. The van der Waals surface area contributed by atoms with Crippen LogP contribution in [0.1, 0.15) is 6.92 Å². The highest BCUT2D eigenvalue weighted by Crippen LogP contribution is 2.31. The van der Waals surface area contributed by atoms with Gasteiger partial charge in [-0.05, 0) is 25.1 Å². The van der Waals surface area contributed by atoms with Gasteiger partial charge in [0.25, 0.3) is 0 Å². The molecule has 2 N–H and O–H groups in total. The number of fused-ring (bicyclic) bond motifs is 1. The molecule has 4 nitrogen and oxygen atoms in total. The van der Waals surface area contributed by atoms with Gasteiger partial charge >= 0.3 is 0 Å². The van der Waals surface area contributed by atoms with Crippen LogP contribution in [-0.2, 0) is 4.79 Å². The van der Waals surface area contributed by atoms with E-state index in [1.54, 1.807) is 19.1 Å². The zero-order valence-electron chi connectivity index (χ0n) is 8.90. The second-order valence-electron chi connectivity index (χ2n) is 3.94. The Morgan fingerprint density at radius 1 is 1.62 bits per heavy atom. The Kier molecular flexibility index (Phi) is 3.03. The molecule has 0 saturated heterocycles. The Morgan fingerprint density at radius 2 is 2.38 bits per heavy atom. The number of nitrogens with zero attached hydrogens (tertiary/aromatic N) is 1. The second-order valence-corrected chi connectivity index (χ2v) is 4.38. The average molecular weight is 241 g/mol. The summed E-state index contributed by atoms with van der Waals surface area (Å²) in [5, 5.41) is 12.7. The van der Waals surface area contributed by atoms with Gasteiger partial charge in [-0.1, -0.05) is 11.6 Å². The summed E-state index contributed by atoms with van der Waals surface area (Å²) in [5.74, 6) is -0.0876. The summed E-state index contributed by atoms with van der Waals surface area (Å²) in [7, 11) is 0. The standard InChI is InChI=1S/C11H13ClN2O2/c1-7(15)5-14-6-11(16)13-9-4-8(12)2-3-10(9)14/h2-4,7,15H,5-6H2,1H3,(H,13,16). The van der Waals surface area contributed by atoms with Gasteiger partial charge in [0, 0.05) is 11.6 Å². The molecule has 1 aliphatic heterocycles. The minimum atomic E-state index is -0.477. The molecule has 5 heteroatoms. The fourth-order valence-corrected chi connectivity index (χ4v) is 1.99. The summed E-state index contributed by atoms with van der Waals surface area (Å²) in [6.07, 6.45) is -0.477. The predicted octanol–water partition coefficient (Wildman–Crippen LogP) is 1.48. The molecule has 0 aliphatic carbocycles. The molecular formula is C11H13ClN2O2. The number of nitrogens with one attached hydrogen (secondary N) is 1. The first-order chi connectivity index (χ1) is 7.56. The number of carbonyl (C=O) groups excluding carboxylic acids is 1. The van der Waals surface area contributed by atoms with Crippen molar-refractivity contribution in [3.05, 3.63) is 23.2 Å². The molecular weight excluding hydrogens is 228 g/mol. The van der Waals surface area contributed by atoms with Crippen LogP contribution in [0.2, 0.25) is 5.02 Å². The Labute approximate surface area is 98.8 Å². The quantitative estimate of drug-likeness (QED) is 0.823. The molecule has 1 atom stereocenters. The molecule has 1 amide bonds. The number of amides is 1. The lowest BCUT2D eigenvalue weighted by Gasteiger charge is -2.31. The number of β-amino-alcohol motifs (C(OH)–C–C–N with tert-alkyl or cyclic N) is 1. The number of anilines is 2. The molecule has 16 heavy (non-hydrogen) atoms. The molecule has 2 rings (SSSR count). The summed E-state index contributed by atoms with van der Waals surface area (Å²) < 4.78 is 0. The van der Waals surface area contributed by atoms with E-state index in [0.717, 1.165) is 5.69 Å². The van der Waals surface area contributed by atoms with E-state index in [1.807, 2.05) is 11.0 Å². The van der Waals surface area contributed by atoms with E-state index < -0.39 is 6.10 Å². The summed E-state index contributed by atoms with van der Waals surface area (Å²) in [6, 6.07) is 5.33. The molecule has 0 spiro atoms. The minimum Gasteiger partial charge on any atom is -0.392 e. The van der Waals surface area contributed by atoms with E-state index in [0.29, 0.717) is 17.3 Å². The molecule has 0 aromatic heterocycles. The number of hydrogen-bond donors (Lipinski definition) is 2. The molecule has 1 aromatic carbocycles. The lowest BCUT2D eigenvalue weighted by Crippen LogP contribution is -2.41. The van der Waals surface area contributed by atoms with E-state index in [4.69, 9.17) is 11.6 Å². The van der Waals surface area contributed by atoms with Crippen molar-refractivity contribution in [3.63, 3.8) is 0 Å². The lowest BCUT2D eigenvalue weighted by molar-refractivity contribution is -0.115. The summed E-state index contributed by atoms with van der Waals surface area (Å²) in [5.41, 5.74) is 1.59.